The number of nitro groups is 1. The van der Waals surface area contributed by atoms with Gasteiger partial charge in [0.15, 0.2) is 0 Å². The summed E-state index contributed by atoms with van der Waals surface area (Å²) in [4.78, 5) is 22.1. The maximum Gasteiger partial charge on any atom is 0.407 e. The Hall–Kier alpha value is -3.17. The first kappa shape index (κ1) is 20.1. The second kappa shape index (κ2) is 9.51. The highest BCUT2D eigenvalue weighted by Gasteiger charge is 2.27. The Morgan fingerprint density at radius 1 is 1.22 bits per heavy atom. The van der Waals surface area contributed by atoms with E-state index in [1.807, 2.05) is 6.07 Å². The van der Waals surface area contributed by atoms with Gasteiger partial charge in [-0.05, 0) is 17.7 Å². The highest BCUT2D eigenvalue weighted by atomic mass is 16.6. The third-order valence-electron chi connectivity index (χ3n) is 3.78. The predicted molar refractivity (Wildman–Crippen MR) is 95.2 cm³/mol. The van der Waals surface area contributed by atoms with Gasteiger partial charge in [0.05, 0.1) is 17.6 Å². The zero-order chi connectivity index (χ0) is 19.8. The lowest BCUT2D eigenvalue weighted by molar-refractivity contribution is -0.386. The minimum atomic E-state index is -1.60. The molecule has 0 fully saturated rings. The number of rotatable bonds is 8. The molecule has 0 saturated carbocycles. The molecule has 27 heavy (non-hydrogen) atoms. The Morgan fingerprint density at radius 3 is 2.56 bits per heavy atom. The number of aliphatic hydroxyl groups is 2. The molecule has 2 unspecified atom stereocenters. The lowest BCUT2D eigenvalue weighted by Gasteiger charge is -2.19. The predicted octanol–water partition coefficient (Wildman–Crippen LogP) is 1.92. The summed E-state index contributed by atoms with van der Waals surface area (Å²) in [6, 6.07) is 12.8. The number of methoxy groups -OCH3 is 1. The van der Waals surface area contributed by atoms with Crippen LogP contribution in [0.2, 0.25) is 0 Å². The van der Waals surface area contributed by atoms with Crippen molar-refractivity contribution < 1.29 is 29.4 Å². The Labute approximate surface area is 155 Å². The lowest BCUT2D eigenvalue weighted by atomic mass is 10.0. The van der Waals surface area contributed by atoms with Crippen LogP contribution in [0.15, 0.2) is 48.5 Å². The minimum Gasteiger partial charge on any atom is -0.497 e. The molecule has 2 aromatic rings. The summed E-state index contributed by atoms with van der Waals surface area (Å²) in [5, 5.41) is 33.8. The smallest absolute Gasteiger partial charge is 0.407 e. The first-order chi connectivity index (χ1) is 12.9. The topological polar surface area (TPSA) is 131 Å². The molecule has 144 valence electrons. The van der Waals surface area contributed by atoms with E-state index in [0.717, 1.165) is 5.56 Å². The van der Waals surface area contributed by atoms with Crippen molar-refractivity contribution in [3.63, 3.8) is 0 Å². The van der Waals surface area contributed by atoms with Gasteiger partial charge in [-0.15, -0.1) is 0 Å². The molecule has 0 aliphatic rings. The van der Waals surface area contributed by atoms with Crippen molar-refractivity contribution in [3.05, 3.63) is 69.8 Å². The van der Waals surface area contributed by atoms with Crippen molar-refractivity contribution in [3.8, 4) is 5.75 Å². The van der Waals surface area contributed by atoms with E-state index in [9.17, 15) is 25.1 Å². The second-order valence-corrected chi connectivity index (χ2v) is 5.64. The van der Waals surface area contributed by atoms with Gasteiger partial charge in [0.1, 0.15) is 24.6 Å². The molecule has 0 aromatic heterocycles. The van der Waals surface area contributed by atoms with E-state index in [1.54, 1.807) is 24.3 Å². The second-order valence-electron chi connectivity index (χ2n) is 5.64. The van der Waals surface area contributed by atoms with Gasteiger partial charge in [-0.3, -0.25) is 10.1 Å². The Morgan fingerprint density at radius 2 is 1.93 bits per heavy atom. The molecule has 0 aliphatic heterocycles. The van der Waals surface area contributed by atoms with Crippen molar-refractivity contribution in [1.82, 2.24) is 5.32 Å². The number of nitrogens with zero attached hydrogens (tertiary/aromatic N) is 1. The summed E-state index contributed by atoms with van der Waals surface area (Å²) >= 11 is 0. The van der Waals surface area contributed by atoms with Gasteiger partial charge in [0.25, 0.3) is 5.69 Å². The first-order valence-corrected chi connectivity index (χ1v) is 8.05. The molecule has 0 radical (unpaired) electrons. The average molecular weight is 376 g/mol. The number of hydrogen-bond acceptors (Lipinski definition) is 7. The highest BCUT2D eigenvalue weighted by molar-refractivity contribution is 5.67. The number of hydrogen-bond donors (Lipinski definition) is 3. The third-order valence-corrected chi connectivity index (χ3v) is 3.78. The van der Waals surface area contributed by atoms with Crippen molar-refractivity contribution in [2.75, 3.05) is 13.7 Å². The van der Waals surface area contributed by atoms with Crippen LogP contribution in [-0.4, -0.2) is 41.0 Å². The van der Waals surface area contributed by atoms with E-state index in [0.29, 0.717) is 0 Å². The quantitative estimate of drug-likeness (QED) is 0.474. The lowest BCUT2D eigenvalue weighted by Crippen LogP contribution is -2.36. The maximum absolute atomic E-state index is 11.7. The Balaban J connectivity index is 1.94. The Kier molecular flexibility index (Phi) is 7.09. The normalized spacial score (nSPS) is 12.7. The molecule has 0 saturated heterocycles. The summed E-state index contributed by atoms with van der Waals surface area (Å²) in [5.74, 6) is 0.289. The van der Waals surface area contributed by atoms with Crippen LogP contribution in [-0.2, 0) is 11.3 Å². The fourth-order valence-electron chi connectivity index (χ4n) is 2.34. The summed E-state index contributed by atoms with van der Waals surface area (Å²) in [6.07, 6.45) is -3.87. The zero-order valence-corrected chi connectivity index (χ0v) is 14.6. The van der Waals surface area contributed by atoms with Gasteiger partial charge in [-0.25, -0.2) is 4.79 Å². The largest absolute Gasteiger partial charge is 0.497 e. The molecular formula is C18H20N2O7. The van der Waals surface area contributed by atoms with Gasteiger partial charge in [0.2, 0.25) is 0 Å². The van der Waals surface area contributed by atoms with Crippen LogP contribution in [0.1, 0.15) is 17.2 Å². The molecule has 1 amide bonds. The summed E-state index contributed by atoms with van der Waals surface area (Å²) in [7, 11) is 1.37. The summed E-state index contributed by atoms with van der Waals surface area (Å²) in [6.45, 7) is -0.310. The van der Waals surface area contributed by atoms with Crippen LogP contribution in [0.25, 0.3) is 0 Å². The SMILES string of the molecule is COc1ccc([N+](=O)[O-])c(C(O)C(O)CNC(=O)OCc2ccccc2)c1. The molecule has 9 heteroatoms. The zero-order valence-electron chi connectivity index (χ0n) is 14.6. The van der Waals surface area contributed by atoms with Gasteiger partial charge in [-0.2, -0.15) is 0 Å². The molecule has 3 N–H and O–H groups in total. The number of nitro benzene ring substituents is 1. The van der Waals surface area contributed by atoms with Gasteiger partial charge in [-0.1, -0.05) is 30.3 Å². The average Bonchev–Trinajstić information content (AvgIpc) is 2.69. The number of amides is 1. The molecule has 0 aliphatic carbocycles. The standard InChI is InChI=1S/C18H20N2O7/c1-26-13-7-8-15(20(24)25)14(9-13)17(22)16(21)10-19-18(23)27-11-12-5-3-2-4-6-12/h2-9,16-17,21-22H,10-11H2,1H3,(H,19,23). The first-order valence-electron chi connectivity index (χ1n) is 8.05. The van der Waals surface area contributed by atoms with Crippen LogP contribution in [0, 0.1) is 10.1 Å². The van der Waals surface area contributed by atoms with Gasteiger partial charge in [0, 0.05) is 12.6 Å². The van der Waals surface area contributed by atoms with Crippen LogP contribution >= 0.6 is 0 Å². The number of aliphatic hydroxyl groups excluding tert-OH is 2. The summed E-state index contributed by atoms with van der Waals surface area (Å²) in [5.41, 5.74) is 0.306. The molecule has 9 nitrogen and oxygen atoms in total. The van der Waals surface area contributed by atoms with Crippen LogP contribution < -0.4 is 10.1 Å². The van der Waals surface area contributed by atoms with E-state index < -0.39 is 23.2 Å². The van der Waals surface area contributed by atoms with Crippen LogP contribution in [0.3, 0.4) is 0 Å². The third kappa shape index (κ3) is 5.66. The van der Waals surface area contributed by atoms with Crippen molar-refractivity contribution >= 4 is 11.8 Å². The van der Waals surface area contributed by atoms with E-state index in [4.69, 9.17) is 9.47 Å². The summed E-state index contributed by atoms with van der Waals surface area (Å²) < 4.78 is 9.98. The monoisotopic (exact) mass is 376 g/mol. The molecule has 0 spiro atoms. The number of nitrogens with one attached hydrogen (secondary N) is 1. The Bertz CT molecular complexity index is 783. The maximum atomic E-state index is 11.7. The minimum absolute atomic E-state index is 0.0483. The molecule has 2 rings (SSSR count). The van der Waals surface area contributed by atoms with Crippen molar-refractivity contribution in [2.24, 2.45) is 0 Å². The van der Waals surface area contributed by atoms with Crippen LogP contribution in [0.5, 0.6) is 5.75 Å². The number of ether oxygens (including phenoxy) is 2. The molecule has 2 atom stereocenters. The van der Waals surface area contributed by atoms with Crippen LogP contribution in [0.4, 0.5) is 10.5 Å². The van der Waals surface area contributed by atoms with Crippen molar-refractivity contribution in [2.45, 2.75) is 18.8 Å². The van der Waals surface area contributed by atoms with E-state index in [1.165, 1.54) is 25.3 Å². The molecule has 0 heterocycles. The van der Waals surface area contributed by atoms with E-state index >= 15 is 0 Å². The van der Waals surface area contributed by atoms with E-state index in [2.05, 4.69) is 5.32 Å². The number of carbonyl (C=O) groups excluding carboxylic acids is 1. The highest BCUT2D eigenvalue weighted by Crippen LogP contribution is 2.30. The number of carbonyl (C=O) groups is 1. The van der Waals surface area contributed by atoms with Gasteiger partial charge >= 0.3 is 6.09 Å². The molecular weight excluding hydrogens is 356 g/mol. The molecule has 0 bridgehead atoms. The number of benzene rings is 2. The fourth-order valence-corrected chi connectivity index (χ4v) is 2.34. The van der Waals surface area contributed by atoms with Crippen molar-refractivity contribution in [1.29, 1.82) is 0 Å². The van der Waals surface area contributed by atoms with Gasteiger partial charge < -0.3 is 25.0 Å². The number of alkyl carbamates (subject to hydrolysis) is 1. The van der Waals surface area contributed by atoms with E-state index in [-0.39, 0.29) is 30.2 Å². The fraction of sp³-hybridized carbons (Fsp3) is 0.278. The molecule has 2 aromatic carbocycles.